The zero-order valence-electron chi connectivity index (χ0n) is 10.4. The van der Waals surface area contributed by atoms with Crippen molar-refractivity contribution in [3.63, 3.8) is 0 Å². The molecule has 0 saturated heterocycles. The minimum Gasteiger partial charge on any atom is -0.330 e. The quantitative estimate of drug-likeness (QED) is 0.913. The van der Waals surface area contributed by atoms with Crippen LogP contribution in [-0.2, 0) is 12.8 Å². The standard InChI is InChI=1S/C14H17BrN2S/c1-10-17-9-13(18-10)7-11(8-16)6-12-4-2-3-5-14(12)15/h2-5,9,11H,6-8,16H2,1H3. The third kappa shape index (κ3) is 3.64. The van der Waals surface area contributed by atoms with E-state index < -0.39 is 0 Å². The van der Waals surface area contributed by atoms with Gasteiger partial charge in [-0.2, -0.15) is 0 Å². The average molecular weight is 325 g/mol. The van der Waals surface area contributed by atoms with Crippen molar-refractivity contribution in [3.8, 4) is 0 Å². The van der Waals surface area contributed by atoms with E-state index in [-0.39, 0.29) is 0 Å². The van der Waals surface area contributed by atoms with Gasteiger partial charge in [0.1, 0.15) is 0 Å². The predicted octanol–water partition coefficient (Wildman–Crippen LogP) is 3.57. The van der Waals surface area contributed by atoms with Crippen LogP contribution in [0.15, 0.2) is 34.9 Å². The maximum absolute atomic E-state index is 5.89. The molecule has 1 unspecified atom stereocenters. The Balaban J connectivity index is 2.04. The van der Waals surface area contributed by atoms with Crippen LogP contribution in [-0.4, -0.2) is 11.5 Å². The van der Waals surface area contributed by atoms with Crippen molar-refractivity contribution in [1.82, 2.24) is 4.98 Å². The van der Waals surface area contributed by atoms with E-state index in [1.165, 1.54) is 14.9 Å². The van der Waals surface area contributed by atoms with Gasteiger partial charge in [0.25, 0.3) is 0 Å². The second-order valence-corrected chi connectivity index (χ2v) is 6.62. The third-order valence-corrected chi connectivity index (χ3v) is 4.67. The molecule has 1 aromatic heterocycles. The smallest absolute Gasteiger partial charge is 0.0896 e. The van der Waals surface area contributed by atoms with E-state index in [0.717, 1.165) is 17.8 Å². The molecule has 0 bridgehead atoms. The van der Waals surface area contributed by atoms with Gasteiger partial charge in [0.15, 0.2) is 0 Å². The lowest BCUT2D eigenvalue weighted by atomic mass is 9.96. The molecule has 0 fully saturated rings. The number of rotatable bonds is 5. The Kier molecular flexibility index (Phi) is 4.92. The molecule has 0 aliphatic carbocycles. The van der Waals surface area contributed by atoms with Crippen LogP contribution in [0.1, 0.15) is 15.4 Å². The van der Waals surface area contributed by atoms with E-state index in [2.05, 4.69) is 39.1 Å². The summed E-state index contributed by atoms with van der Waals surface area (Å²) in [6, 6.07) is 8.35. The predicted molar refractivity (Wildman–Crippen MR) is 80.9 cm³/mol. The Labute approximate surface area is 120 Å². The van der Waals surface area contributed by atoms with Crippen molar-refractivity contribution in [3.05, 3.63) is 50.4 Å². The van der Waals surface area contributed by atoms with Gasteiger partial charge in [-0.1, -0.05) is 34.1 Å². The van der Waals surface area contributed by atoms with Gasteiger partial charge in [0, 0.05) is 15.5 Å². The number of benzene rings is 1. The fourth-order valence-corrected chi connectivity index (χ4v) is 3.35. The molecular formula is C14H17BrN2S. The van der Waals surface area contributed by atoms with Gasteiger partial charge in [-0.05, 0) is 43.9 Å². The van der Waals surface area contributed by atoms with E-state index >= 15 is 0 Å². The lowest BCUT2D eigenvalue weighted by Gasteiger charge is -2.14. The first-order chi connectivity index (χ1) is 8.69. The lowest BCUT2D eigenvalue weighted by molar-refractivity contribution is 0.536. The zero-order chi connectivity index (χ0) is 13.0. The molecule has 2 aromatic rings. The number of hydrogen-bond acceptors (Lipinski definition) is 3. The molecule has 0 aliphatic rings. The van der Waals surface area contributed by atoms with Gasteiger partial charge >= 0.3 is 0 Å². The molecule has 1 aromatic carbocycles. The Morgan fingerprint density at radius 2 is 2.11 bits per heavy atom. The Bertz CT molecular complexity index is 510. The van der Waals surface area contributed by atoms with Crippen molar-refractivity contribution >= 4 is 27.3 Å². The molecule has 1 heterocycles. The Morgan fingerprint density at radius 1 is 1.33 bits per heavy atom. The zero-order valence-corrected chi connectivity index (χ0v) is 12.8. The molecule has 96 valence electrons. The summed E-state index contributed by atoms with van der Waals surface area (Å²) in [5.41, 5.74) is 7.22. The van der Waals surface area contributed by atoms with Crippen molar-refractivity contribution in [1.29, 1.82) is 0 Å². The topological polar surface area (TPSA) is 38.9 Å². The van der Waals surface area contributed by atoms with Gasteiger partial charge in [0.2, 0.25) is 0 Å². The number of nitrogens with two attached hydrogens (primary N) is 1. The molecule has 1 atom stereocenters. The van der Waals surface area contributed by atoms with Crippen LogP contribution >= 0.6 is 27.3 Å². The van der Waals surface area contributed by atoms with E-state index in [1.54, 1.807) is 11.3 Å². The molecule has 2 nitrogen and oxygen atoms in total. The van der Waals surface area contributed by atoms with Gasteiger partial charge < -0.3 is 5.73 Å². The molecule has 0 spiro atoms. The molecule has 4 heteroatoms. The van der Waals surface area contributed by atoms with Crippen molar-refractivity contribution < 1.29 is 0 Å². The van der Waals surface area contributed by atoms with Gasteiger partial charge in [-0.3, -0.25) is 0 Å². The second kappa shape index (κ2) is 6.45. The van der Waals surface area contributed by atoms with Crippen molar-refractivity contribution in [2.75, 3.05) is 6.54 Å². The summed E-state index contributed by atoms with van der Waals surface area (Å²) in [6.45, 7) is 2.75. The minimum atomic E-state index is 0.476. The van der Waals surface area contributed by atoms with Crippen molar-refractivity contribution in [2.24, 2.45) is 11.7 Å². The van der Waals surface area contributed by atoms with Crippen LogP contribution in [0.25, 0.3) is 0 Å². The maximum Gasteiger partial charge on any atom is 0.0896 e. The fraction of sp³-hybridized carbons (Fsp3) is 0.357. The van der Waals surface area contributed by atoms with Crippen LogP contribution < -0.4 is 5.73 Å². The fourth-order valence-electron chi connectivity index (χ4n) is 2.00. The Hall–Kier alpha value is -0.710. The van der Waals surface area contributed by atoms with E-state index in [1.807, 2.05) is 19.2 Å². The number of halogens is 1. The van der Waals surface area contributed by atoms with E-state index in [0.29, 0.717) is 12.5 Å². The maximum atomic E-state index is 5.89. The van der Waals surface area contributed by atoms with Gasteiger partial charge in [-0.15, -0.1) is 11.3 Å². The minimum absolute atomic E-state index is 0.476. The number of nitrogens with zero attached hydrogens (tertiary/aromatic N) is 1. The highest BCUT2D eigenvalue weighted by atomic mass is 79.9. The molecule has 0 radical (unpaired) electrons. The highest BCUT2D eigenvalue weighted by Gasteiger charge is 2.12. The summed E-state index contributed by atoms with van der Waals surface area (Å²) in [7, 11) is 0. The first-order valence-corrected chi connectivity index (χ1v) is 7.64. The monoisotopic (exact) mass is 324 g/mol. The van der Waals surface area contributed by atoms with Crippen molar-refractivity contribution in [2.45, 2.75) is 19.8 Å². The molecule has 0 aliphatic heterocycles. The largest absolute Gasteiger partial charge is 0.330 e. The van der Waals surface area contributed by atoms with E-state index in [9.17, 15) is 0 Å². The summed E-state index contributed by atoms with van der Waals surface area (Å²) >= 11 is 5.36. The number of aromatic nitrogens is 1. The van der Waals surface area contributed by atoms with Crippen LogP contribution in [0.5, 0.6) is 0 Å². The summed E-state index contributed by atoms with van der Waals surface area (Å²) in [5.74, 6) is 0.476. The van der Waals surface area contributed by atoms with Crippen LogP contribution in [0, 0.1) is 12.8 Å². The first kappa shape index (κ1) is 13.7. The summed E-state index contributed by atoms with van der Waals surface area (Å²) in [4.78, 5) is 5.63. The highest BCUT2D eigenvalue weighted by Crippen LogP contribution is 2.23. The molecule has 2 rings (SSSR count). The van der Waals surface area contributed by atoms with Gasteiger partial charge in [0.05, 0.1) is 5.01 Å². The molecule has 2 N–H and O–H groups in total. The number of hydrogen-bond donors (Lipinski definition) is 1. The summed E-state index contributed by atoms with van der Waals surface area (Å²) < 4.78 is 1.17. The second-order valence-electron chi connectivity index (χ2n) is 4.45. The lowest BCUT2D eigenvalue weighted by Crippen LogP contribution is -2.19. The first-order valence-electron chi connectivity index (χ1n) is 6.04. The highest BCUT2D eigenvalue weighted by molar-refractivity contribution is 9.10. The summed E-state index contributed by atoms with van der Waals surface area (Å²) in [5, 5.41) is 1.13. The molecular weight excluding hydrogens is 308 g/mol. The van der Waals surface area contributed by atoms with Crippen LogP contribution in [0.2, 0.25) is 0 Å². The molecule has 18 heavy (non-hydrogen) atoms. The number of thiazole rings is 1. The molecule has 0 amide bonds. The SMILES string of the molecule is Cc1ncc(CC(CN)Cc2ccccc2Br)s1. The van der Waals surface area contributed by atoms with Crippen LogP contribution in [0.3, 0.4) is 0 Å². The average Bonchev–Trinajstić information content (AvgIpc) is 2.76. The normalized spacial score (nSPS) is 12.6. The van der Waals surface area contributed by atoms with Gasteiger partial charge in [-0.25, -0.2) is 4.98 Å². The third-order valence-electron chi connectivity index (χ3n) is 2.96. The Morgan fingerprint density at radius 3 is 2.72 bits per heavy atom. The molecule has 0 saturated carbocycles. The number of aryl methyl sites for hydroxylation is 1. The van der Waals surface area contributed by atoms with E-state index in [4.69, 9.17) is 5.73 Å². The summed E-state index contributed by atoms with van der Waals surface area (Å²) in [6.07, 6.45) is 4.00. The van der Waals surface area contributed by atoms with Crippen LogP contribution in [0.4, 0.5) is 0 Å².